The number of fused-ring (bicyclic) bond motifs is 2. The minimum Gasteiger partial charge on any atom is -0.486 e. The summed E-state index contributed by atoms with van der Waals surface area (Å²) in [5.74, 6) is -2.20. The van der Waals surface area contributed by atoms with Crippen molar-refractivity contribution in [2.75, 3.05) is 25.2 Å². The van der Waals surface area contributed by atoms with E-state index in [2.05, 4.69) is 5.32 Å². The van der Waals surface area contributed by atoms with Gasteiger partial charge in [-0.1, -0.05) is 36.4 Å². The number of rotatable bonds is 4. The molecular formula is C26H22N2O6S. The first-order valence-corrected chi connectivity index (χ1v) is 12.2. The highest BCUT2D eigenvalue weighted by Crippen LogP contribution is 2.55. The van der Waals surface area contributed by atoms with Gasteiger partial charge in [-0.05, 0) is 29.1 Å². The summed E-state index contributed by atoms with van der Waals surface area (Å²) in [5, 5.41) is 5.29. The molecular weight excluding hydrogens is 468 g/mol. The predicted octanol–water partition coefficient (Wildman–Crippen LogP) is 3.04. The van der Waals surface area contributed by atoms with E-state index in [4.69, 9.17) is 14.2 Å². The standard InChI is InChI=1S/C26H22N2O6S/c1-32-25(31)26(15-6-3-2-4-7-15)21-20(22(27-26)19-8-5-13-35-19)23(29)28(24(21)30)16-9-10-17-18(14-16)34-12-11-33-17/h2-10,13-14,20-22,27H,11-12H2,1H3/t20-,21-,22-,26-/m0/s1. The minimum atomic E-state index is -1.52. The minimum absolute atomic E-state index is 0.371. The molecule has 0 spiro atoms. The summed E-state index contributed by atoms with van der Waals surface area (Å²) in [6, 6.07) is 17.2. The lowest BCUT2D eigenvalue weighted by molar-refractivity contribution is -0.152. The molecule has 8 nitrogen and oxygen atoms in total. The maximum atomic E-state index is 14.1. The third-order valence-electron chi connectivity index (χ3n) is 6.93. The summed E-state index contributed by atoms with van der Waals surface area (Å²) in [7, 11) is 1.29. The van der Waals surface area contributed by atoms with E-state index in [0.29, 0.717) is 36.0 Å². The van der Waals surface area contributed by atoms with Crippen LogP contribution in [0.2, 0.25) is 0 Å². The van der Waals surface area contributed by atoms with Gasteiger partial charge < -0.3 is 14.2 Å². The molecule has 2 saturated heterocycles. The Kier molecular flexibility index (Phi) is 5.12. The molecule has 178 valence electrons. The first-order chi connectivity index (χ1) is 17.1. The first kappa shape index (κ1) is 21.8. The van der Waals surface area contributed by atoms with Gasteiger partial charge in [0, 0.05) is 10.9 Å². The van der Waals surface area contributed by atoms with Crippen LogP contribution in [0.4, 0.5) is 5.69 Å². The van der Waals surface area contributed by atoms with Gasteiger partial charge in [0.2, 0.25) is 11.8 Å². The van der Waals surface area contributed by atoms with E-state index < -0.39 is 35.3 Å². The lowest BCUT2D eigenvalue weighted by atomic mass is 9.75. The number of imide groups is 1. The second-order valence-electron chi connectivity index (χ2n) is 8.65. The monoisotopic (exact) mass is 490 g/mol. The number of nitrogens with zero attached hydrogens (tertiary/aromatic N) is 1. The maximum Gasteiger partial charge on any atom is 0.331 e. The van der Waals surface area contributed by atoms with Crippen molar-refractivity contribution in [2.24, 2.45) is 11.8 Å². The van der Waals surface area contributed by atoms with E-state index in [9.17, 15) is 14.4 Å². The molecule has 3 aliphatic rings. The molecule has 2 aromatic carbocycles. The van der Waals surface area contributed by atoms with Crippen molar-refractivity contribution in [1.29, 1.82) is 0 Å². The van der Waals surface area contributed by atoms with Gasteiger partial charge in [-0.3, -0.25) is 14.9 Å². The lowest BCUT2D eigenvalue weighted by Crippen LogP contribution is -2.53. The highest BCUT2D eigenvalue weighted by molar-refractivity contribution is 7.10. The number of thiophene rings is 1. The van der Waals surface area contributed by atoms with Gasteiger partial charge in [0.25, 0.3) is 0 Å². The molecule has 3 aromatic rings. The van der Waals surface area contributed by atoms with Crippen LogP contribution in [0.1, 0.15) is 16.5 Å². The average molecular weight is 491 g/mol. The van der Waals surface area contributed by atoms with Gasteiger partial charge in [-0.25, -0.2) is 9.69 Å². The first-order valence-electron chi connectivity index (χ1n) is 11.3. The average Bonchev–Trinajstić information content (AvgIpc) is 3.61. The number of esters is 1. The molecule has 3 aliphatic heterocycles. The fourth-order valence-electron chi connectivity index (χ4n) is 5.48. The third kappa shape index (κ3) is 3.11. The number of ether oxygens (including phenoxy) is 3. The SMILES string of the molecule is COC(=O)[C@@]1(c2ccccc2)N[C@@H](c2cccs2)[C@H]2C(=O)N(c3ccc4c(c3)OCCO4)C(=O)[C@H]21. The van der Waals surface area contributed by atoms with E-state index in [1.165, 1.54) is 23.3 Å². The molecule has 1 N–H and O–H groups in total. The smallest absolute Gasteiger partial charge is 0.331 e. The Morgan fingerprint density at radius 2 is 1.80 bits per heavy atom. The summed E-state index contributed by atoms with van der Waals surface area (Å²) < 4.78 is 16.5. The lowest BCUT2D eigenvalue weighted by Gasteiger charge is -2.33. The van der Waals surface area contributed by atoms with Gasteiger partial charge in [0.15, 0.2) is 17.0 Å². The van der Waals surface area contributed by atoms with E-state index in [1.807, 2.05) is 23.6 Å². The van der Waals surface area contributed by atoms with Crippen LogP contribution in [0, 0.1) is 11.8 Å². The van der Waals surface area contributed by atoms with Gasteiger partial charge >= 0.3 is 5.97 Å². The zero-order chi connectivity index (χ0) is 24.2. The van der Waals surface area contributed by atoms with Crippen molar-refractivity contribution < 1.29 is 28.6 Å². The topological polar surface area (TPSA) is 94.2 Å². The Morgan fingerprint density at radius 1 is 1.03 bits per heavy atom. The summed E-state index contributed by atoms with van der Waals surface area (Å²) in [6.07, 6.45) is 0. The molecule has 0 radical (unpaired) electrons. The van der Waals surface area contributed by atoms with Crippen LogP contribution in [-0.4, -0.2) is 38.1 Å². The van der Waals surface area contributed by atoms with Gasteiger partial charge in [-0.2, -0.15) is 0 Å². The number of amides is 2. The van der Waals surface area contributed by atoms with Crippen molar-refractivity contribution in [3.63, 3.8) is 0 Å². The normalized spacial score (nSPS) is 27.1. The quantitative estimate of drug-likeness (QED) is 0.444. The number of carbonyl (C=O) groups is 3. The second-order valence-corrected chi connectivity index (χ2v) is 9.63. The zero-order valence-electron chi connectivity index (χ0n) is 18.8. The van der Waals surface area contributed by atoms with E-state index in [0.717, 1.165) is 4.88 Å². The van der Waals surface area contributed by atoms with Crippen LogP contribution in [-0.2, 0) is 24.7 Å². The van der Waals surface area contributed by atoms with Crippen molar-refractivity contribution in [1.82, 2.24) is 5.32 Å². The van der Waals surface area contributed by atoms with Crippen molar-refractivity contribution >= 4 is 34.8 Å². The molecule has 2 amide bonds. The number of carbonyl (C=O) groups excluding carboxylic acids is 3. The molecule has 0 aliphatic carbocycles. The molecule has 0 saturated carbocycles. The van der Waals surface area contributed by atoms with Crippen LogP contribution in [0.15, 0.2) is 66.0 Å². The molecule has 6 rings (SSSR count). The fraction of sp³-hybridized carbons (Fsp3) is 0.269. The molecule has 35 heavy (non-hydrogen) atoms. The van der Waals surface area contributed by atoms with Crippen LogP contribution in [0.3, 0.4) is 0 Å². The Morgan fingerprint density at radius 3 is 2.51 bits per heavy atom. The molecule has 0 bridgehead atoms. The molecule has 4 atom stereocenters. The van der Waals surface area contributed by atoms with Crippen molar-refractivity contribution in [3.8, 4) is 11.5 Å². The number of benzene rings is 2. The maximum absolute atomic E-state index is 14.1. The zero-order valence-corrected chi connectivity index (χ0v) is 19.6. The molecule has 2 fully saturated rings. The van der Waals surface area contributed by atoms with Crippen LogP contribution in [0.25, 0.3) is 0 Å². The largest absolute Gasteiger partial charge is 0.486 e. The van der Waals surface area contributed by atoms with Crippen molar-refractivity contribution in [2.45, 2.75) is 11.6 Å². The molecule has 0 unspecified atom stereocenters. The van der Waals surface area contributed by atoms with E-state index in [-0.39, 0.29) is 5.91 Å². The Balaban J connectivity index is 1.52. The number of anilines is 1. The number of nitrogens with one attached hydrogen (secondary N) is 1. The number of hydrogen-bond donors (Lipinski definition) is 1. The van der Waals surface area contributed by atoms with Crippen LogP contribution < -0.4 is 19.7 Å². The highest BCUT2D eigenvalue weighted by Gasteiger charge is 2.70. The summed E-state index contributed by atoms with van der Waals surface area (Å²) in [4.78, 5) is 43.6. The van der Waals surface area contributed by atoms with E-state index >= 15 is 0 Å². The highest BCUT2D eigenvalue weighted by atomic mass is 32.1. The predicted molar refractivity (Wildman–Crippen MR) is 127 cm³/mol. The van der Waals surface area contributed by atoms with E-state index in [1.54, 1.807) is 42.5 Å². The molecule has 4 heterocycles. The Bertz CT molecular complexity index is 1310. The number of methoxy groups -OCH3 is 1. The van der Waals surface area contributed by atoms with Crippen molar-refractivity contribution in [3.05, 3.63) is 76.5 Å². The Labute approximate surface area is 205 Å². The fourth-order valence-corrected chi connectivity index (χ4v) is 6.30. The summed E-state index contributed by atoms with van der Waals surface area (Å²) >= 11 is 1.47. The second kappa shape index (κ2) is 8.21. The molecule has 9 heteroatoms. The van der Waals surface area contributed by atoms with Gasteiger partial charge in [-0.15, -0.1) is 11.3 Å². The number of hydrogen-bond acceptors (Lipinski definition) is 8. The van der Waals surface area contributed by atoms with Crippen LogP contribution in [0.5, 0.6) is 11.5 Å². The van der Waals surface area contributed by atoms with Crippen LogP contribution >= 0.6 is 11.3 Å². The summed E-state index contributed by atoms with van der Waals surface area (Å²) in [5.41, 5.74) is -0.563. The Hall–Kier alpha value is -3.69. The van der Waals surface area contributed by atoms with Gasteiger partial charge in [0.1, 0.15) is 13.2 Å². The summed E-state index contributed by atoms with van der Waals surface area (Å²) in [6.45, 7) is 0.818. The van der Waals surface area contributed by atoms with Gasteiger partial charge in [0.05, 0.1) is 30.7 Å². The third-order valence-corrected chi connectivity index (χ3v) is 7.89. The molecule has 1 aromatic heterocycles.